The molecule has 3 aromatic rings. The fourth-order valence-electron chi connectivity index (χ4n) is 2.75. The molecule has 9 heteroatoms. The van der Waals surface area contributed by atoms with Crippen LogP contribution < -0.4 is 10.2 Å². The van der Waals surface area contributed by atoms with Gasteiger partial charge in [0.25, 0.3) is 0 Å². The number of aryl methyl sites for hydroxylation is 1. The average molecular weight is 392 g/mol. The molecule has 7 nitrogen and oxygen atoms in total. The number of carbonyl (C=O) groups is 1. The van der Waals surface area contributed by atoms with Crippen LogP contribution in [0.1, 0.15) is 30.4 Å². The van der Waals surface area contributed by atoms with Crippen LogP contribution in [0.25, 0.3) is 5.65 Å². The minimum atomic E-state index is -0.215. The van der Waals surface area contributed by atoms with Gasteiger partial charge in [0.05, 0.1) is 6.04 Å². The van der Waals surface area contributed by atoms with Crippen LogP contribution in [-0.2, 0) is 11.3 Å². The van der Waals surface area contributed by atoms with Crippen molar-refractivity contribution in [3.05, 3.63) is 51.0 Å². The Balaban J connectivity index is 1.72. The molecule has 1 N–H and O–H groups in total. The minimum Gasteiger partial charge on any atom is -0.346 e. The number of carbonyl (C=O) groups excluding carboxylic acids is 1. The lowest BCUT2D eigenvalue weighted by Crippen LogP contribution is -2.31. The summed E-state index contributed by atoms with van der Waals surface area (Å²) in [6, 6.07) is 5.49. The van der Waals surface area contributed by atoms with E-state index < -0.39 is 0 Å². The third kappa shape index (κ3) is 4.16. The summed E-state index contributed by atoms with van der Waals surface area (Å²) in [6.45, 7) is 2.26. The number of aromatic nitrogens is 4. The first-order chi connectivity index (χ1) is 12.6. The van der Waals surface area contributed by atoms with Crippen molar-refractivity contribution < 1.29 is 4.79 Å². The monoisotopic (exact) mass is 391 g/mol. The average Bonchev–Trinajstić information content (AvgIpc) is 3.20. The lowest BCUT2D eigenvalue weighted by Gasteiger charge is -2.17. The summed E-state index contributed by atoms with van der Waals surface area (Å²) in [7, 11) is 0. The molecule has 0 fully saturated rings. The van der Waals surface area contributed by atoms with E-state index in [0.717, 1.165) is 40.7 Å². The smallest absolute Gasteiger partial charge is 0.307 e. The van der Waals surface area contributed by atoms with Crippen LogP contribution in [-0.4, -0.2) is 37.1 Å². The van der Waals surface area contributed by atoms with Crippen LogP contribution >= 0.6 is 23.1 Å². The molecule has 3 aromatic heterocycles. The molecule has 1 atom stereocenters. The number of hydrogen-bond acceptors (Lipinski definition) is 6. The van der Waals surface area contributed by atoms with Gasteiger partial charge in [-0.1, -0.05) is 17.4 Å². The Morgan fingerprint density at radius 1 is 1.38 bits per heavy atom. The van der Waals surface area contributed by atoms with Gasteiger partial charge in [0.2, 0.25) is 5.91 Å². The maximum Gasteiger partial charge on any atom is 0.307 e. The van der Waals surface area contributed by atoms with Gasteiger partial charge in [-0.3, -0.25) is 14.0 Å². The number of rotatable bonds is 8. The number of nitrogens with one attached hydrogen (secondary N) is 1. The predicted molar refractivity (Wildman–Crippen MR) is 105 cm³/mol. The summed E-state index contributed by atoms with van der Waals surface area (Å²) in [4.78, 5) is 24.2. The molecule has 0 aliphatic carbocycles. The molecule has 0 saturated heterocycles. The molecular weight excluding hydrogens is 370 g/mol. The van der Waals surface area contributed by atoms with Crippen molar-refractivity contribution in [3.8, 4) is 0 Å². The second kappa shape index (κ2) is 8.50. The Morgan fingerprint density at radius 3 is 2.96 bits per heavy atom. The number of pyridine rings is 1. The fourth-order valence-corrected chi connectivity index (χ4v) is 3.99. The third-order valence-electron chi connectivity index (χ3n) is 4.14. The number of hydrogen-bond donors (Lipinski definition) is 1. The number of nitrogens with zero attached hydrogens (tertiary/aromatic N) is 4. The molecule has 3 rings (SSSR count). The van der Waals surface area contributed by atoms with Crippen molar-refractivity contribution in [2.24, 2.45) is 0 Å². The van der Waals surface area contributed by atoms with Crippen LogP contribution in [0, 0.1) is 6.92 Å². The zero-order valence-corrected chi connectivity index (χ0v) is 16.3. The van der Waals surface area contributed by atoms with Crippen molar-refractivity contribution in [1.82, 2.24) is 24.5 Å². The second-order valence-electron chi connectivity index (χ2n) is 5.93. The van der Waals surface area contributed by atoms with E-state index in [1.807, 2.05) is 47.4 Å². The summed E-state index contributed by atoms with van der Waals surface area (Å²) in [5.41, 5.74) is 1.64. The Morgan fingerprint density at radius 2 is 2.23 bits per heavy atom. The Labute approximate surface area is 159 Å². The summed E-state index contributed by atoms with van der Waals surface area (Å²) in [5, 5.41) is 13.3. The molecule has 0 aliphatic rings. The molecular formula is C17H21N5O2S2. The third-order valence-corrected chi connectivity index (χ3v) is 5.66. The number of fused-ring (bicyclic) bond motifs is 1. The van der Waals surface area contributed by atoms with Gasteiger partial charge >= 0.3 is 4.87 Å². The van der Waals surface area contributed by atoms with E-state index in [4.69, 9.17) is 0 Å². The van der Waals surface area contributed by atoms with Gasteiger partial charge in [0, 0.05) is 30.2 Å². The van der Waals surface area contributed by atoms with E-state index in [1.54, 1.807) is 16.3 Å². The first-order valence-corrected chi connectivity index (χ1v) is 10.6. The zero-order chi connectivity index (χ0) is 18.5. The normalized spacial score (nSPS) is 12.4. The van der Waals surface area contributed by atoms with Crippen LogP contribution in [0.2, 0.25) is 0 Å². The summed E-state index contributed by atoms with van der Waals surface area (Å²) in [5.74, 6) is 1.53. The molecule has 26 heavy (non-hydrogen) atoms. The topological polar surface area (TPSA) is 81.3 Å². The van der Waals surface area contributed by atoms with Crippen molar-refractivity contribution >= 4 is 34.7 Å². The van der Waals surface area contributed by atoms with E-state index in [9.17, 15) is 9.59 Å². The Hall–Kier alpha value is -2.13. The molecule has 0 aromatic carbocycles. The van der Waals surface area contributed by atoms with E-state index in [0.29, 0.717) is 6.54 Å². The lowest BCUT2D eigenvalue weighted by molar-refractivity contribution is -0.122. The maximum absolute atomic E-state index is 12.5. The van der Waals surface area contributed by atoms with Gasteiger partial charge in [0.1, 0.15) is 0 Å². The van der Waals surface area contributed by atoms with E-state index in [2.05, 4.69) is 15.5 Å². The standard InChI is InChI=1S/C17H21N5O2S2/c1-12-11-26-17(24)21(12)9-6-15(23)18-13(7-10-25-2)16-20-19-14-5-3-4-8-22(14)16/h3-5,8,11,13H,6-7,9-10H2,1-2H3,(H,18,23). The largest absolute Gasteiger partial charge is 0.346 e. The SMILES string of the molecule is CSCCC(NC(=O)CCn1c(C)csc1=O)c1nnc2ccccn12. The fraction of sp³-hybridized carbons (Fsp3) is 0.412. The van der Waals surface area contributed by atoms with E-state index in [-0.39, 0.29) is 23.2 Å². The van der Waals surface area contributed by atoms with Crippen LogP contribution in [0.3, 0.4) is 0 Å². The molecule has 3 heterocycles. The molecule has 1 unspecified atom stereocenters. The minimum absolute atomic E-state index is 0.0299. The molecule has 138 valence electrons. The van der Waals surface area contributed by atoms with Crippen molar-refractivity contribution in [1.29, 1.82) is 0 Å². The van der Waals surface area contributed by atoms with Crippen molar-refractivity contribution in [3.63, 3.8) is 0 Å². The zero-order valence-electron chi connectivity index (χ0n) is 14.7. The predicted octanol–water partition coefficient (Wildman–Crippen LogP) is 2.26. The molecule has 0 saturated carbocycles. The highest BCUT2D eigenvalue weighted by atomic mass is 32.2. The van der Waals surface area contributed by atoms with Gasteiger partial charge in [0.15, 0.2) is 11.5 Å². The molecule has 1 amide bonds. The highest BCUT2D eigenvalue weighted by Crippen LogP contribution is 2.18. The van der Waals surface area contributed by atoms with Gasteiger partial charge in [-0.2, -0.15) is 11.8 Å². The summed E-state index contributed by atoms with van der Waals surface area (Å²) >= 11 is 2.88. The van der Waals surface area contributed by atoms with Crippen LogP contribution in [0.4, 0.5) is 0 Å². The first kappa shape index (κ1) is 18.7. The van der Waals surface area contributed by atoms with Crippen molar-refractivity contribution in [2.45, 2.75) is 32.4 Å². The number of thiazole rings is 1. The van der Waals surface area contributed by atoms with Gasteiger partial charge in [-0.15, -0.1) is 10.2 Å². The number of amides is 1. The van der Waals surface area contributed by atoms with Crippen molar-refractivity contribution in [2.75, 3.05) is 12.0 Å². The molecule has 0 radical (unpaired) electrons. The highest BCUT2D eigenvalue weighted by molar-refractivity contribution is 7.98. The Kier molecular flexibility index (Phi) is 6.10. The summed E-state index contributed by atoms with van der Waals surface area (Å²) < 4.78 is 3.53. The van der Waals surface area contributed by atoms with Gasteiger partial charge in [-0.25, -0.2) is 0 Å². The van der Waals surface area contributed by atoms with E-state index >= 15 is 0 Å². The molecule has 0 aliphatic heterocycles. The van der Waals surface area contributed by atoms with Crippen LogP contribution in [0.5, 0.6) is 0 Å². The summed E-state index contributed by atoms with van der Waals surface area (Å²) in [6.07, 6.45) is 4.95. The molecule has 0 bridgehead atoms. The number of thioether (sulfide) groups is 1. The maximum atomic E-state index is 12.5. The Bertz CT molecular complexity index is 946. The van der Waals surface area contributed by atoms with Gasteiger partial charge in [-0.05, 0) is 37.5 Å². The first-order valence-electron chi connectivity index (χ1n) is 8.33. The molecule has 0 spiro atoms. The van der Waals surface area contributed by atoms with Crippen LogP contribution in [0.15, 0.2) is 34.6 Å². The van der Waals surface area contributed by atoms with E-state index in [1.165, 1.54) is 0 Å². The lowest BCUT2D eigenvalue weighted by atomic mass is 10.2. The highest BCUT2D eigenvalue weighted by Gasteiger charge is 2.20. The quantitative estimate of drug-likeness (QED) is 0.637. The second-order valence-corrected chi connectivity index (χ2v) is 7.74. The van der Waals surface area contributed by atoms with Gasteiger partial charge < -0.3 is 9.88 Å².